The quantitative estimate of drug-likeness (QED) is 0.624. The largest absolute Gasteiger partial charge is 0.356 e. The molecule has 8 heteroatoms. The Morgan fingerprint density at radius 1 is 1.00 bits per heavy atom. The van der Waals surface area contributed by atoms with Crippen molar-refractivity contribution < 1.29 is 4.79 Å². The molecule has 1 aliphatic heterocycles. The number of hydrogen-bond acceptors (Lipinski definition) is 7. The summed E-state index contributed by atoms with van der Waals surface area (Å²) >= 11 is 0. The van der Waals surface area contributed by atoms with E-state index in [-0.39, 0.29) is 5.91 Å². The van der Waals surface area contributed by atoms with E-state index in [2.05, 4.69) is 35.5 Å². The van der Waals surface area contributed by atoms with Gasteiger partial charge in [0.15, 0.2) is 0 Å². The summed E-state index contributed by atoms with van der Waals surface area (Å²) in [6, 6.07) is 7.34. The molecule has 0 atom stereocenters. The lowest BCUT2D eigenvalue weighted by Crippen LogP contribution is -2.31. The van der Waals surface area contributed by atoms with E-state index in [0.29, 0.717) is 30.1 Å². The standard InChI is InChI=1S/C21H25N7O/c1-15-13-19(28-11-3-2-4-12-28)27-21(26-15)25-10-9-24-20(29)16-5-6-17-18(14-16)23-8-7-22-17/h5-8,13-14H,2-4,9-12H2,1H3,(H,24,29)(H,25,26,27). The van der Waals surface area contributed by atoms with Crippen LogP contribution in [0, 0.1) is 6.92 Å². The van der Waals surface area contributed by atoms with Crippen LogP contribution in [-0.2, 0) is 0 Å². The third-order valence-electron chi connectivity index (χ3n) is 4.95. The van der Waals surface area contributed by atoms with E-state index in [1.54, 1.807) is 30.6 Å². The molecule has 3 aromatic rings. The van der Waals surface area contributed by atoms with E-state index in [1.165, 1.54) is 19.3 Å². The van der Waals surface area contributed by atoms with E-state index >= 15 is 0 Å². The number of piperidine rings is 1. The smallest absolute Gasteiger partial charge is 0.251 e. The van der Waals surface area contributed by atoms with Crippen molar-refractivity contribution in [2.24, 2.45) is 0 Å². The summed E-state index contributed by atoms with van der Waals surface area (Å²) < 4.78 is 0. The van der Waals surface area contributed by atoms with Gasteiger partial charge in [0, 0.05) is 55.9 Å². The maximum absolute atomic E-state index is 12.4. The minimum atomic E-state index is -0.140. The second kappa shape index (κ2) is 8.81. The number of aryl methyl sites for hydroxylation is 1. The third-order valence-corrected chi connectivity index (χ3v) is 4.95. The summed E-state index contributed by atoms with van der Waals surface area (Å²) in [5.41, 5.74) is 2.98. The monoisotopic (exact) mass is 391 g/mol. The first kappa shape index (κ1) is 19.0. The summed E-state index contributed by atoms with van der Waals surface area (Å²) in [7, 11) is 0. The van der Waals surface area contributed by atoms with Crippen molar-refractivity contribution in [1.82, 2.24) is 25.3 Å². The molecule has 1 amide bonds. The van der Waals surface area contributed by atoms with Gasteiger partial charge in [0.2, 0.25) is 5.95 Å². The van der Waals surface area contributed by atoms with Crippen LogP contribution in [0.15, 0.2) is 36.7 Å². The average molecular weight is 391 g/mol. The maximum atomic E-state index is 12.4. The zero-order chi connectivity index (χ0) is 20.1. The van der Waals surface area contributed by atoms with Crippen molar-refractivity contribution in [3.63, 3.8) is 0 Å². The molecule has 0 bridgehead atoms. The van der Waals surface area contributed by atoms with Gasteiger partial charge in [-0.15, -0.1) is 0 Å². The lowest BCUT2D eigenvalue weighted by molar-refractivity contribution is 0.0955. The van der Waals surface area contributed by atoms with E-state index in [4.69, 9.17) is 0 Å². The van der Waals surface area contributed by atoms with Gasteiger partial charge in [0.25, 0.3) is 5.91 Å². The van der Waals surface area contributed by atoms with Crippen LogP contribution in [0.1, 0.15) is 35.3 Å². The fourth-order valence-electron chi connectivity index (χ4n) is 3.47. The van der Waals surface area contributed by atoms with Gasteiger partial charge in [-0.2, -0.15) is 4.98 Å². The molecular formula is C21H25N7O. The normalized spacial score (nSPS) is 14.0. The molecule has 0 radical (unpaired) electrons. The summed E-state index contributed by atoms with van der Waals surface area (Å²) in [6.07, 6.45) is 6.96. The molecule has 0 aliphatic carbocycles. The SMILES string of the molecule is Cc1cc(N2CCCCC2)nc(NCCNC(=O)c2ccc3nccnc3c2)n1. The van der Waals surface area contributed by atoms with Gasteiger partial charge in [-0.1, -0.05) is 0 Å². The van der Waals surface area contributed by atoms with Crippen LogP contribution in [0.4, 0.5) is 11.8 Å². The van der Waals surface area contributed by atoms with Gasteiger partial charge in [-0.05, 0) is 44.4 Å². The molecule has 0 spiro atoms. The summed E-state index contributed by atoms with van der Waals surface area (Å²) in [4.78, 5) is 32.3. The lowest BCUT2D eigenvalue weighted by atomic mass is 10.1. The minimum Gasteiger partial charge on any atom is -0.356 e. The van der Waals surface area contributed by atoms with E-state index < -0.39 is 0 Å². The number of benzene rings is 1. The minimum absolute atomic E-state index is 0.140. The highest BCUT2D eigenvalue weighted by molar-refractivity contribution is 5.97. The molecule has 2 aromatic heterocycles. The first-order valence-corrected chi connectivity index (χ1v) is 10.0. The number of rotatable bonds is 6. The molecule has 8 nitrogen and oxygen atoms in total. The van der Waals surface area contributed by atoms with Crippen molar-refractivity contribution in [3.8, 4) is 0 Å². The van der Waals surface area contributed by atoms with Gasteiger partial charge >= 0.3 is 0 Å². The number of nitrogens with one attached hydrogen (secondary N) is 2. The van der Waals surface area contributed by atoms with Gasteiger partial charge < -0.3 is 15.5 Å². The Hall–Kier alpha value is -3.29. The van der Waals surface area contributed by atoms with Crippen LogP contribution >= 0.6 is 0 Å². The Morgan fingerprint density at radius 2 is 1.79 bits per heavy atom. The second-order valence-corrected chi connectivity index (χ2v) is 7.18. The van der Waals surface area contributed by atoms with Gasteiger partial charge in [0.05, 0.1) is 11.0 Å². The van der Waals surface area contributed by atoms with Crippen molar-refractivity contribution in [2.75, 3.05) is 36.4 Å². The summed E-state index contributed by atoms with van der Waals surface area (Å²) in [5.74, 6) is 1.43. The van der Waals surface area contributed by atoms with Crippen LogP contribution < -0.4 is 15.5 Å². The molecule has 4 rings (SSSR count). The zero-order valence-corrected chi connectivity index (χ0v) is 16.6. The Kier molecular flexibility index (Phi) is 5.79. The van der Waals surface area contributed by atoms with Crippen molar-refractivity contribution in [3.05, 3.63) is 47.9 Å². The van der Waals surface area contributed by atoms with Crippen molar-refractivity contribution in [2.45, 2.75) is 26.2 Å². The van der Waals surface area contributed by atoms with Gasteiger partial charge in [-0.3, -0.25) is 14.8 Å². The number of amides is 1. The van der Waals surface area contributed by atoms with Crippen LogP contribution in [0.3, 0.4) is 0 Å². The summed E-state index contributed by atoms with van der Waals surface area (Å²) in [6.45, 7) is 5.07. The van der Waals surface area contributed by atoms with Gasteiger partial charge in [-0.25, -0.2) is 4.98 Å². The molecule has 29 heavy (non-hydrogen) atoms. The molecule has 0 unspecified atom stereocenters. The predicted molar refractivity (Wildman–Crippen MR) is 113 cm³/mol. The Bertz CT molecular complexity index is 1000. The fraction of sp³-hybridized carbons (Fsp3) is 0.381. The summed E-state index contributed by atoms with van der Waals surface area (Å²) in [5, 5.41) is 6.13. The Labute approximate surface area is 169 Å². The maximum Gasteiger partial charge on any atom is 0.251 e. The average Bonchev–Trinajstić information content (AvgIpc) is 2.76. The molecule has 1 saturated heterocycles. The molecule has 3 heterocycles. The first-order chi connectivity index (χ1) is 14.2. The van der Waals surface area contributed by atoms with E-state index in [0.717, 1.165) is 30.1 Å². The molecule has 1 fully saturated rings. The van der Waals surface area contributed by atoms with E-state index in [1.807, 2.05) is 13.0 Å². The number of hydrogen-bond donors (Lipinski definition) is 2. The fourth-order valence-corrected chi connectivity index (χ4v) is 3.47. The van der Waals surface area contributed by atoms with Crippen molar-refractivity contribution >= 4 is 28.7 Å². The zero-order valence-electron chi connectivity index (χ0n) is 16.6. The lowest BCUT2D eigenvalue weighted by Gasteiger charge is -2.28. The van der Waals surface area contributed by atoms with Crippen LogP contribution in [0.25, 0.3) is 11.0 Å². The van der Waals surface area contributed by atoms with Gasteiger partial charge in [0.1, 0.15) is 5.82 Å². The van der Waals surface area contributed by atoms with E-state index in [9.17, 15) is 4.79 Å². The van der Waals surface area contributed by atoms with Crippen molar-refractivity contribution in [1.29, 1.82) is 0 Å². The number of carbonyl (C=O) groups excluding carboxylic acids is 1. The Balaban J connectivity index is 1.31. The number of aromatic nitrogens is 4. The molecule has 1 aliphatic rings. The molecule has 2 N–H and O–H groups in total. The molecule has 150 valence electrons. The highest BCUT2D eigenvalue weighted by Gasteiger charge is 2.14. The molecule has 1 aromatic carbocycles. The molecular weight excluding hydrogens is 366 g/mol. The number of carbonyl (C=O) groups is 1. The predicted octanol–water partition coefficient (Wildman–Crippen LogP) is 2.56. The van der Waals surface area contributed by atoms with Crippen LogP contribution in [0.2, 0.25) is 0 Å². The Morgan fingerprint density at radius 3 is 2.62 bits per heavy atom. The molecule has 0 saturated carbocycles. The second-order valence-electron chi connectivity index (χ2n) is 7.18. The third kappa shape index (κ3) is 4.77. The van der Waals surface area contributed by atoms with Crippen LogP contribution in [0.5, 0.6) is 0 Å². The number of anilines is 2. The number of fused-ring (bicyclic) bond motifs is 1. The number of nitrogens with zero attached hydrogens (tertiary/aromatic N) is 5. The highest BCUT2D eigenvalue weighted by atomic mass is 16.1. The first-order valence-electron chi connectivity index (χ1n) is 10.0. The van der Waals surface area contributed by atoms with Crippen LogP contribution in [-0.4, -0.2) is 52.0 Å². The topological polar surface area (TPSA) is 95.9 Å². The highest BCUT2D eigenvalue weighted by Crippen LogP contribution is 2.19.